The number of amides is 1. The monoisotopic (exact) mass is 384 g/mol. The maximum atomic E-state index is 12.8. The summed E-state index contributed by atoms with van der Waals surface area (Å²) in [7, 11) is 0. The van der Waals surface area contributed by atoms with Crippen LogP contribution in [0.3, 0.4) is 0 Å². The van der Waals surface area contributed by atoms with Crippen molar-refractivity contribution in [2.45, 2.75) is 4.83 Å². The van der Waals surface area contributed by atoms with Gasteiger partial charge in [-0.3, -0.25) is 4.79 Å². The van der Waals surface area contributed by atoms with Gasteiger partial charge in [-0.1, -0.05) is 40.5 Å². The normalized spacial score (nSPS) is 11.5. The van der Waals surface area contributed by atoms with Crippen molar-refractivity contribution in [3.63, 3.8) is 0 Å². The Labute approximate surface area is 123 Å². The van der Waals surface area contributed by atoms with Crippen LogP contribution in [0.15, 0.2) is 12.1 Å². The Morgan fingerprint density at radius 2 is 1.72 bits per heavy atom. The van der Waals surface area contributed by atoms with Crippen LogP contribution < -0.4 is 10.7 Å². The molecule has 100 valence electrons. The van der Waals surface area contributed by atoms with Crippen molar-refractivity contribution in [1.82, 2.24) is 5.65 Å². The summed E-state index contributed by atoms with van der Waals surface area (Å²) in [5.74, 6) is -1.93. The SMILES string of the molecule is O=C(N(NF)c1c(Cl)cc(Cl)cc1Cl)C(F)(F)Br. The van der Waals surface area contributed by atoms with Gasteiger partial charge in [-0.25, -0.2) is 5.01 Å². The minimum atomic E-state index is -3.99. The lowest BCUT2D eigenvalue weighted by Crippen LogP contribution is -2.46. The smallest absolute Gasteiger partial charge is 0.265 e. The lowest BCUT2D eigenvalue weighted by atomic mass is 10.3. The van der Waals surface area contributed by atoms with Gasteiger partial charge in [0.25, 0.3) is 0 Å². The Hall–Kier alpha value is -0.210. The van der Waals surface area contributed by atoms with Crippen LogP contribution in [0.2, 0.25) is 15.1 Å². The van der Waals surface area contributed by atoms with Crippen molar-refractivity contribution >= 4 is 62.3 Å². The number of halogens is 7. The number of hydrogen-bond donors (Lipinski definition) is 1. The van der Waals surface area contributed by atoms with E-state index in [1.54, 1.807) is 15.9 Å². The molecule has 1 aromatic carbocycles. The topological polar surface area (TPSA) is 32.3 Å². The number of carbonyl (C=O) groups is 1. The second-order valence-corrected chi connectivity index (χ2v) is 5.19. The number of hydrogen-bond acceptors (Lipinski definition) is 2. The standard InChI is InChI=1S/C8H3BrCl3F3N2O/c9-8(13,14)7(18)17(16-15)6-4(11)1-3(10)2-5(6)12/h1-2,16H. The van der Waals surface area contributed by atoms with Gasteiger partial charge in [-0.2, -0.15) is 8.78 Å². The van der Waals surface area contributed by atoms with E-state index in [9.17, 15) is 18.1 Å². The van der Waals surface area contributed by atoms with Crippen LogP contribution in [0.25, 0.3) is 0 Å². The van der Waals surface area contributed by atoms with Gasteiger partial charge in [0.15, 0.2) is 0 Å². The van der Waals surface area contributed by atoms with Crippen molar-refractivity contribution in [2.75, 3.05) is 5.01 Å². The molecule has 0 saturated carbocycles. The summed E-state index contributed by atoms with van der Waals surface area (Å²) in [4.78, 5) is 7.27. The molecule has 1 N–H and O–H groups in total. The zero-order chi connectivity index (χ0) is 14.1. The molecule has 1 rings (SSSR count). The molecule has 0 aliphatic rings. The largest absolute Gasteiger partial charge is 0.379 e. The molecule has 0 heterocycles. The molecule has 0 spiro atoms. The zero-order valence-electron chi connectivity index (χ0n) is 8.16. The summed E-state index contributed by atoms with van der Waals surface area (Å²) in [6, 6.07) is 2.24. The van der Waals surface area contributed by atoms with Gasteiger partial charge < -0.3 is 0 Å². The molecule has 0 atom stereocenters. The molecule has 1 aromatic rings. The molecular weight excluding hydrogens is 383 g/mol. The maximum Gasteiger partial charge on any atom is 0.379 e. The summed E-state index contributed by atoms with van der Waals surface area (Å²) in [6.07, 6.45) is 0. The van der Waals surface area contributed by atoms with Gasteiger partial charge >= 0.3 is 10.7 Å². The Morgan fingerprint density at radius 1 is 1.28 bits per heavy atom. The van der Waals surface area contributed by atoms with Gasteiger partial charge in [-0.15, -0.1) is 4.48 Å². The number of alkyl halides is 3. The van der Waals surface area contributed by atoms with E-state index >= 15 is 0 Å². The molecule has 18 heavy (non-hydrogen) atoms. The van der Waals surface area contributed by atoms with Crippen LogP contribution in [-0.4, -0.2) is 10.7 Å². The van der Waals surface area contributed by atoms with Gasteiger partial charge in [0.2, 0.25) is 0 Å². The molecule has 0 unspecified atom stereocenters. The van der Waals surface area contributed by atoms with E-state index in [0.717, 1.165) is 17.8 Å². The molecule has 0 aliphatic heterocycles. The van der Waals surface area contributed by atoms with Crippen LogP contribution >= 0.6 is 50.7 Å². The molecule has 0 saturated heterocycles. The zero-order valence-corrected chi connectivity index (χ0v) is 12.0. The highest BCUT2D eigenvalue weighted by Gasteiger charge is 2.41. The van der Waals surface area contributed by atoms with E-state index in [-0.39, 0.29) is 20.1 Å². The van der Waals surface area contributed by atoms with Crippen molar-refractivity contribution in [1.29, 1.82) is 0 Å². The number of carbonyl (C=O) groups excluding carboxylic acids is 1. The van der Waals surface area contributed by atoms with Crippen LogP contribution in [-0.2, 0) is 4.79 Å². The van der Waals surface area contributed by atoms with Crippen molar-refractivity contribution < 1.29 is 18.1 Å². The van der Waals surface area contributed by atoms with Crippen LogP contribution in [0.5, 0.6) is 0 Å². The number of nitrogens with one attached hydrogen (secondary N) is 1. The third-order valence-electron chi connectivity index (χ3n) is 1.74. The lowest BCUT2D eigenvalue weighted by Gasteiger charge is -2.23. The lowest BCUT2D eigenvalue weighted by molar-refractivity contribution is -0.133. The molecule has 0 aliphatic carbocycles. The van der Waals surface area contributed by atoms with Crippen LogP contribution in [0, 0.1) is 0 Å². The first-order chi connectivity index (χ1) is 8.18. The average molecular weight is 386 g/mol. The van der Waals surface area contributed by atoms with Crippen molar-refractivity contribution in [2.24, 2.45) is 0 Å². The quantitative estimate of drug-likeness (QED) is 0.476. The molecule has 0 radical (unpaired) electrons. The van der Waals surface area contributed by atoms with Crippen LogP contribution in [0.4, 0.5) is 18.9 Å². The Morgan fingerprint density at radius 3 is 2.06 bits per heavy atom. The highest BCUT2D eigenvalue weighted by Crippen LogP contribution is 2.38. The van der Waals surface area contributed by atoms with E-state index < -0.39 is 16.4 Å². The summed E-state index contributed by atoms with van der Waals surface area (Å²) in [5.41, 5.74) is 0.310. The van der Waals surface area contributed by atoms with Crippen molar-refractivity contribution in [3.8, 4) is 0 Å². The van der Waals surface area contributed by atoms with E-state index in [2.05, 4.69) is 0 Å². The summed E-state index contributed by atoms with van der Waals surface area (Å²) >= 11 is 18.7. The van der Waals surface area contributed by atoms with Crippen molar-refractivity contribution in [3.05, 3.63) is 27.2 Å². The fourth-order valence-electron chi connectivity index (χ4n) is 1.06. The molecule has 0 aromatic heterocycles. The molecular formula is C8H3BrCl3F3N2O. The minimum Gasteiger partial charge on any atom is -0.265 e. The Balaban J connectivity index is 3.30. The third kappa shape index (κ3) is 3.42. The summed E-state index contributed by atoms with van der Waals surface area (Å²) in [5, 5.41) is -0.577. The molecule has 1 amide bonds. The molecule has 3 nitrogen and oxygen atoms in total. The minimum absolute atomic E-state index is 0.102. The first kappa shape index (κ1) is 15.8. The first-order valence-electron chi connectivity index (χ1n) is 4.10. The second kappa shape index (κ2) is 5.83. The maximum absolute atomic E-state index is 12.8. The number of rotatable bonds is 3. The first-order valence-corrected chi connectivity index (χ1v) is 6.03. The highest BCUT2D eigenvalue weighted by molar-refractivity contribution is 9.10. The van der Waals surface area contributed by atoms with Gasteiger partial charge in [0, 0.05) is 21.0 Å². The van der Waals surface area contributed by atoms with E-state index in [0.29, 0.717) is 0 Å². The number of nitrogens with zero attached hydrogens (tertiary/aromatic N) is 1. The predicted molar refractivity (Wildman–Crippen MR) is 67.1 cm³/mol. The number of anilines is 1. The fraction of sp³-hybridized carbons (Fsp3) is 0.125. The Kier molecular flexibility index (Phi) is 5.13. The van der Waals surface area contributed by atoms with Crippen LogP contribution in [0.1, 0.15) is 0 Å². The van der Waals surface area contributed by atoms with Gasteiger partial charge in [0.1, 0.15) is 5.69 Å². The number of hydrazine groups is 1. The average Bonchev–Trinajstić information content (AvgIpc) is 2.20. The predicted octanol–water partition coefficient (Wildman–Crippen LogP) is 4.36. The summed E-state index contributed by atoms with van der Waals surface area (Å²) < 4.78 is 38.1. The van der Waals surface area contributed by atoms with E-state index in [1.165, 1.54) is 0 Å². The Bertz CT molecular complexity index is 460. The highest BCUT2D eigenvalue weighted by atomic mass is 79.9. The van der Waals surface area contributed by atoms with Gasteiger partial charge in [-0.05, 0) is 12.1 Å². The van der Waals surface area contributed by atoms with E-state index in [4.69, 9.17) is 34.8 Å². The van der Waals surface area contributed by atoms with Gasteiger partial charge in [0.05, 0.1) is 10.0 Å². The fourth-order valence-corrected chi connectivity index (χ4v) is 2.22. The molecule has 10 heteroatoms. The van der Waals surface area contributed by atoms with E-state index in [1.807, 2.05) is 0 Å². The third-order valence-corrected chi connectivity index (χ3v) is 2.87. The second-order valence-electron chi connectivity index (χ2n) is 2.94. The number of benzene rings is 1. The summed E-state index contributed by atoms with van der Waals surface area (Å²) in [6.45, 7) is 0. The molecule has 0 fully saturated rings. The molecule has 0 bridgehead atoms.